The molecule has 1 fully saturated rings. The number of furan rings is 1. The molecule has 0 saturated carbocycles. The van der Waals surface area contributed by atoms with Crippen molar-refractivity contribution in [2.24, 2.45) is 0 Å². The van der Waals surface area contributed by atoms with E-state index in [4.69, 9.17) is 16.0 Å². The van der Waals surface area contributed by atoms with Gasteiger partial charge in [-0.3, -0.25) is 9.59 Å². The normalized spacial score (nSPS) is 17.1. The van der Waals surface area contributed by atoms with E-state index in [1.165, 1.54) is 11.2 Å². The van der Waals surface area contributed by atoms with Crippen LogP contribution in [0.25, 0.3) is 0 Å². The van der Waals surface area contributed by atoms with E-state index in [0.717, 1.165) is 18.4 Å². The Morgan fingerprint density at radius 1 is 1.29 bits per heavy atom. The molecule has 0 radical (unpaired) electrons. The number of carbonyl (C=O) groups excluding carboxylic acids is 2. The zero-order valence-corrected chi connectivity index (χ0v) is 14.2. The van der Waals surface area contributed by atoms with E-state index in [1.54, 1.807) is 19.2 Å². The average Bonchev–Trinajstić information content (AvgIpc) is 3.26. The van der Waals surface area contributed by atoms with Gasteiger partial charge in [-0.15, -0.1) is 0 Å². The molecule has 6 heteroatoms. The molecule has 5 nitrogen and oxygen atoms in total. The molecule has 2 amide bonds. The highest BCUT2D eigenvalue weighted by Crippen LogP contribution is 2.32. The van der Waals surface area contributed by atoms with E-state index in [1.807, 2.05) is 29.2 Å². The molecule has 1 aromatic carbocycles. The molecule has 0 spiro atoms. The Bertz CT molecular complexity index is 712. The molecule has 1 saturated heterocycles. The van der Waals surface area contributed by atoms with Crippen LogP contribution < -0.4 is 0 Å². The standard InChI is InChI=1S/C18H19ClN2O3/c1-20(18(23)16-5-3-11-24-16)12-17(22)21-10-2-4-15(21)13-6-8-14(19)9-7-13/h3,5-9,11,15H,2,4,10,12H2,1H3. The average molecular weight is 347 g/mol. The van der Waals surface area contributed by atoms with Gasteiger partial charge in [-0.25, -0.2) is 0 Å². The number of hydrogen-bond acceptors (Lipinski definition) is 3. The summed E-state index contributed by atoms with van der Waals surface area (Å²) in [6, 6.07) is 10.9. The van der Waals surface area contributed by atoms with Crippen molar-refractivity contribution < 1.29 is 14.0 Å². The SMILES string of the molecule is CN(CC(=O)N1CCCC1c1ccc(Cl)cc1)C(=O)c1ccco1. The molecule has 126 valence electrons. The van der Waals surface area contributed by atoms with Crippen LogP contribution in [0.2, 0.25) is 5.02 Å². The lowest BCUT2D eigenvalue weighted by Crippen LogP contribution is -2.40. The summed E-state index contributed by atoms with van der Waals surface area (Å²) < 4.78 is 5.10. The maximum atomic E-state index is 12.7. The van der Waals surface area contributed by atoms with Crippen LogP contribution in [0.15, 0.2) is 47.1 Å². The number of likely N-dealkylation sites (N-methyl/N-ethyl adjacent to an activating group) is 1. The van der Waals surface area contributed by atoms with Crippen LogP contribution in [0.4, 0.5) is 0 Å². The van der Waals surface area contributed by atoms with Crippen molar-refractivity contribution in [1.29, 1.82) is 0 Å². The number of amides is 2. The second-order valence-electron chi connectivity index (χ2n) is 5.94. The van der Waals surface area contributed by atoms with Crippen molar-refractivity contribution in [3.05, 3.63) is 59.0 Å². The molecule has 1 unspecified atom stereocenters. The lowest BCUT2D eigenvalue weighted by Gasteiger charge is -2.27. The van der Waals surface area contributed by atoms with Gasteiger partial charge in [-0.1, -0.05) is 23.7 Å². The van der Waals surface area contributed by atoms with Crippen LogP contribution in [0.5, 0.6) is 0 Å². The summed E-state index contributed by atoms with van der Waals surface area (Å²) in [6.07, 6.45) is 3.32. The van der Waals surface area contributed by atoms with Crippen molar-refractivity contribution >= 4 is 23.4 Å². The quantitative estimate of drug-likeness (QED) is 0.852. The van der Waals surface area contributed by atoms with Crippen molar-refractivity contribution in [2.75, 3.05) is 20.1 Å². The molecule has 3 rings (SSSR count). The molecule has 1 aliphatic heterocycles. The minimum Gasteiger partial charge on any atom is -0.459 e. The summed E-state index contributed by atoms with van der Waals surface area (Å²) in [5.41, 5.74) is 1.07. The predicted molar refractivity (Wildman–Crippen MR) is 90.8 cm³/mol. The van der Waals surface area contributed by atoms with E-state index >= 15 is 0 Å². The molecule has 24 heavy (non-hydrogen) atoms. The van der Waals surface area contributed by atoms with Crippen LogP contribution in [0, 0.1) is 0 Å². The third-order valence-electron chi connectivity index (χ3n) is 4.28. The van der Waals surface area contributed by atoms with Gasteiger partial charge in [0.2, 0.25) is 5.91 Å². The topological polar surface area (TPSA) is 53.8 Å². The summed E-state index contributed by atoms with van der Waals surface area (Å²) >= 11 is 5.94. The molecule has 0 bridgehead atoms. The summed E-state index contributed by atoms with van der Waals surface area (Å²) in [4.78, 5) is 28.1. The van der Waals surface area contributed by atoms with Gasteiger partial charge >= 0.3 is 0 Å². The fourth-order valence-corrected chi connectivity index (χ4v) is 3.18. The zero-order valence-electron chi connectivity index (χ0n) is 13.4. The third kappa shape index (κ3) is 3.46. The van der Waals surface area contributed by atoms with Gasteiger partial charge in [-0.05, 0) is 42.7 Å². The lowest BCUT2D eigenvalue weighted by molar-refractivity contribution is -0.132. The van der Waals surface area contributed by atoms with E-state index in [2.05, 4.69) is 0 Å². The lowest BCUT2D eigenvalue weighted by atomic mass is 10.0. The number of rotatable bonds is 4. The highest BCUT2D eigenvalue weighted by atomic mass is 35.5. The molecule has 1 aromatic heterocycles. The second-order valence-corrected chi connectivity index (χ2v) is 6.37. The van der Waals surface area contributed by atoms with Gasteiger partial charge < -0.3 is 14.2 Å². The largest absolute Gasteiger partial charge is 0.459 e. The maximum absolute atomic E-state index is 12.7. The van der Waals surface area contributed by atoms with Crippen molar-refractivity contribution in [2.45, 2.75) is 18.9 Å². The van der Waals surface area contributed by atoms with Crippen LogP contribution in [0.3, 0.4) is 0 Å². The summed E-state index contributed by atoms with van der Waals surface area (Å²) in [6.45, 7) is 0.735. The van der Waals surface area contributed by atoms with Gasteiger partial charge in [0, 0.05) is 18.6 Å². The third-order valence-corrected chi connectivity index (χ3v) is 4.53. The monoisotopic (exact) mass is 346 g/mol. The Labute approximate surface area is 145 Å². The first-order chi connectivity index (χ1) is 11.6. The molecule has 1 aliphatic rings. The number of benzene rings is 1. The van der Waals surface area contributed by atoms with E-state index in [-0.39, 0.29) is 30.2 Å². The Hall–Kier alpha value is -2.27. The van der Waals surface area contributed by atoms with E-state index in [9.17, 15) is 9.59 Å². The Morgan fingerprint density at radius 2 is 2.04 bits per heavy atom. The first-order valence-electron chi connectivity index (χ1n) is 7.90. The van der Waals surface area contributed by atoms with E-state index < -0.39 is 0 Å². The van der Waals surface area contributed by atoms with Crippen molar-refractivity contribution in [3.63, 3.8) is 0 Å². The molecule has 0 N–H and O–H groups in total. The fraction of sp³-hybridized carbons (Fsp3) is 0.333. The maximum Gasteiger partial charge on any atom is 0.289 e. The Morgan fingerprint density at radius 3 is 2.71 bits per heavy atom. The van der Waals surface area contributed by atoms with E-state index in [0.29, 0.717) is 11.6 Å². The van der Waals surface area contributed by atoms with Crippen LogP contribution in [0.1, 0.15) is 35.0 Å². The van der Waals surface area contributed by atoms with Crippen molar-refractivity contribution in [1.82, 2.24) is 9.80 Å². The number of halogens is 1. The van der Waals surface area contributed by atoms with Gasteiger partial charge in [0.25, 0.3) is 5.91 Å². The van der Waals surface area contributed by atoms with Crippen LogP contribution in [-0.2, 0) is 4.79 Å². The van der Waals surface area contributed by atoms with Crippen LogP contribution in [-0.4, -0.2) is 41.8 Å². The first kappa shape index (κ1) is 16.6. The van der Waals surface area contributed by atoms with Crippen molar-refractivity contribution in [3.8, 4) is 0 Å². The smallest absolute Gasteiger partial charge is 0.289 e. The molecule has 0 aliphatic carbocycles. The zero-order chi connectivity index (χ0) is 17.1. The minimum atomic E-state index is -0.296. The minimum absolute atomic E-state index is 0.0314. The number of hydrogen-bond donors (Lipinski definition) is 0. The van der Waals surface area contributed by atoms with Gasteiger partial charge in [-0.2, -0.15) is 0 Å². The highest BCUT2D eigenvalue weighted by Gasteiger charge is 2.31. The first-order valence-corrected chi connectivity index (χ1v) is 8.28. The molecule has 2 heterocycles. The fourth-order valence-electron chi connectivity index (χ4n) is 3.05. The van der Waals surface area contributed by atoms with Gasteiger partial charge in [0.05, 0.1) is 18.8 Å². The summed E-state index contributed by atoms with van der Waals surface area (Å²) in [5, 5.41) is 0.679. The molecule has 2 aromatic rings. The summed E-state index contributed by atoms with van der Waals surface area (Å²) in [7, 11) is 1.61. The number of likely N-dealkylation sites (tertiary alicyclic amines) is 1. The van der Waals surface area contributed by atoms with Gasteiger partial charge in [0.15, 0.2) is 5.76 Å². The Balaban J connectivity index is 1.67. The molecule has 1 atom stereocenters. The Kier molecular flexibility index (Phi) is 4.90. The predicted octanol–water partition coefficient (Wildman–Crippen LogP) is 3.37. The van der Waals surface area contributed by atoms with Gasteiger partial charge in [0.1, 0.15) is 0 Å². The highest BCUT2D eigenvalue weighted by molar-refractivity contribution is 6.30. The molecular weight excluding hydrogens is 328 g/mol. The number of carbonyl (C=O) groups is 2. The van der Waals surface area contributed by atoms with Crippen LogP contribution >= 0.6 is 11.6 Å². The molecular formula is C18H19ClN2O3. The summed E-state index contributed by atoms with van der Waals surface area (Å²) in [5.74, 6) is -0.119. The number of nitrogens with zero attached hydrogens (tertiary/aromatic N) is 2. The second kappa shape index (κ2) is 7.09.